The highest BCUT2D eigenvalue weighted by Crippen LogP contribution is 2.24. The summed E-state index contributed by atoms with van der Waals surface area (Å²) in [5.74, 6) is 0.605. The number of hydrogen-bond acceptors (Lipinski definition) is 5. The molecule has 0 saturated carbocycles. The van der Waals surface area contributed by atoms with Crippen molar-refractivity contribution in [3.05, 3.63) is 42.5 Å². The van der Waals surface area contributed by atoms with E-state index >= 15 is 0 Å². The Hall–Kier alpha value is -2.12. The lowest BCUT2D eigenvalue weighted by Crippen LogP contribution is -2.53. The second-order valence-corrected chi connectivity index (χ2v) is 8.55. The van der Waals surface area contributed by atoms with Crippen LogP contribution in [0.4, 0.5) is 0 Å². The monoisotopic (exact) mass is 372 g/mol. The van der Waals surface area contributed by atoms with Crippen LogP contribution in [0.1, 0.15) is 6.92 Å². The standard InChI is InChI=1S/C19H24N4O2S/c1-2-21-11-13-22(14-12-21)19-20-9-10-23(19)26(24,25)18-8-7-16-5-3-4-6-17(16)15-18/h3-8,15H,2,9-14H2,1H3. The van der Waals surface area contributed by atoms with Gasteiger partial charge in [0, 0.05) is 26.2 Å². The summed E-state index contributed by atoms with van der Waals surface area (Å²) < 4.78 is 28.0. The minimum Gasteiger partial charge on any atom is -0.339 e. The Morgan fingerprint density at radius 1 is 0.962 bits per heavy atom. The number of hydrogen-bond donors (Lipinski definition) is 0. The molecule has 0 atom stereocenters. The van der Waals surface area contributed by atoms with E-state index in [0.717, 1.165) is 43.5 Å². The van der Waals surface area contributed by atoms with E-state index in [4.69, 9.17) is 0 Å². The van der Waals surface area contributed by atoms with Crippen molar-refractivity contribution < 1.29 is 8.42 Å². The van der Waals surface area contributed by atoms with Crippen molar-refractivity contribution in [2.45, 2.75) is 11.8 Å². The third-order valence-electron chi connectivity index (χ3n) is 5.19. The van der Waals surface area contributed by atoms with Gasteiger partial charge >= 0.3 is 0 Å². The van der Waals surface area contributed by atoms with E-state index in [-0.39, 0.29) is 0 Å². The first-order valence-electron chi connectivity index (χ1n) is 9.13. The van der Waals surface area contributed by atoms with Crippen LogP contribution >= 0.6 is 0 Å². The summed E-state index contributed by atoms with van der Waals surface area (Å²) in [6.07, 6.45) is 0. The lowest BCUT2D eigenvalue weighted by Gasteiger charge is -2.37. The molecule has 4 rings (SSSR count). The summed E-state index contributed by atoms with van der Waals surface area (Å²) in [6.45, 7) is 7.64. The molecule has 2 aliphatic heterocycles. The van der Waals surface area contributed by atoms with Gasteiger partial charge in [-0.25, -0.2) is 12.7 Å². The fourth-order valence-corrected chi connectivity index (χ4v) is 5.10. The van der Waals surface area contributed by atoms with E-state index in [1.807, 2.05) is 30.3 Å². The zero-order valence-corrected chi connectivity index (χ0v) is 15.8. The molecule has 0 unspecified atom stereocenters. The van der Waals surface area contributed by atoms with Crippen LogP contribution in [-0.4, -0.2) is 74.3 Å². The number of fused-ring (bicyclic) bond motifs is 1. The molecule has 0 radical (unpaired) electrons. The number of sulfonamides is 1. The van der Waals surface area contributed by atoms with Crippen LogP contribution < -0.4 is 0 Å². The van der Waals surface area contributed by atoms with Gasteiger partial charge in [-0.1, -0.05) is 37.3 Å². The summed E-state index contributed by atoms with van der Waals surface area (Å²) in [4.78, 5) is 9.33. The number of nitrogens with zero attached hydrogens (tertiary/aromatic N) is 4. The Bertz CT molecular complexity index is 933. The molecular weight excluding hydrogens is 348 g/mol. The van der Waals surface area contributed by atoms with E-state index in [2.05, 4.69) is 21.7 Å². The second kappa shape index (κ2) is 6.89. The first-order chi connectivity index (χ1) is 12.6. The van der Waals surface area contributed by atoms with E-state index in [9.17, 15) is 8.42 Å². The molecule has 26 heavy (non-hydrogen) atoms. The Morgan fingerprint density at radius 2 is 1.69 bits per heavy atom. The maximum absolute atomic E-state index is 13.3. The molecule has 2 aromatic carbocycles. The number of piperazine rings is 1. The van der Waals surface area contributed by atoms with Gasteiger partial charge in [-0.3, -0.25) is 4.99 Å². The fourth-order valence-electron chi connectivity index (χ4n) is 3.62. The van der Waals surface area contributed by atoms with Crippen LogP contribution in [0.5, 0.6) is 0 Å². The molecular formula is C19H24N4O2S. The smallest absolute Gasteiger partial charge is 0.266 e. The number of aliphatic imine (C=N–C) groups is 1. The van der Waals surface area contributed by atoms with Crippen molar-refractivity contribution in [2.75, 3.05) is 45.8 Å². The average Bonchev–Trinajstić information content (AvgIpc) is 3.18. The van der Waals surface area contributed by atoms with Crippen LogP contribution in [0.25, 0.3) is 10.8 Å². The van der Waals surface area contributed by atoms with Gasteiger partial charge in [-0.15, -0.1) is 0 Å². The summed E-state index contributed by atoms with van der Waals surface area (Å²) in [5.41, 5.74) is 0. The number of benzene rings is 2. The molecule has 0 amide bonds. The molecule has 7 heteroatoms. The molecule has 0 aromatic heterocycles. The zero-order valence-electron chi connectivity index (χ0n) is 15.0. The number of rotatable bonds is 3. The van der Waals surface area contributed by atoms with Gasteiger partial charge < -0.3 is 9.80 Å². The number of guanidine groups is 1. The van der Waals surface area contributed by atoms with Gasteiger partial charge in [-0.05, 0) is 29.4 Å². The van der Waals surface area contributed by atoms with Crippen LogP contribution in [0.3, 0.4) is 0 Å². The van der Waals surface area contributed by atoms with Gasteiger partial charge in [0.2, 0.25) is 5.96 Å². The van der Waals surface area contributed by atoms with E-state index in [0.29, 0.717) is 23.9 Å². The normalized spacial score (nSPS) is 19.2. The zero-order chi connectivity index (χ0) is 18.1. The first-order valence-corrected chi connectivity index (χ1v) is 10.6. The third-order valence-corrected chi connectivity index (χ3v) is 6.97. The highest BCUT2D eigenvalue weighted by molar-refractivity contribution is 7.89. The molecule has 2 aliphatic rings. The van der Waals surface area contributed by atoms with E-state index < -0.39 is 10.0 Å². The summed E-state index contributed by atoms with van der Waals surface area (Å²) in [6, 6.07) is 13.1. The molecule has 1 saturated heterocycles. The van der Waals surface area contributed by atoms with Gasteiger partial charge in [-0.2, -0.15) is 0 Å². The van der Waals surface area contributed by atoms with Crippen molar-refractivity contribution in [1.82, 2.24) is 14.1 Å². The quantitative estimate of drug-likeness (QED) is 0.825. The minimum absolute atomic E-state index is 0.331. The van der Waals surface area contributed by atoms with Crippen LogP contribution in [0.15, 0.2) is 52.4 Å². The molecule has 6 nitrogen and oxygen atoms in total. The highest BCUT2D eigenvalue weighted by Gasteiger charge is 2.34. The van der Waals surface area contributed by atoms with Crippen molar-refractivity contribution in [3.63, 3.8) is 0 Å². The predicted octanol–water partition coefficient (Wildman–Crippen LogP) is 1.84. The lowest BCUT2D eigenvalue weighted by atomic mass is 10.1. The third kappa shape index (κ3) is 3.05. The molecule has 138 valence electrons. The van der Waals surface area contributed by atoms with Gasteiger partial charge in [0.1, 0.15) is 0 Å². The maximum atomic E-state index is 13.3. The molecule has 1 fully saturated rings. The van der Waals surface area contributed by atoms with E-state index in [1.54, 1.807) is 12.1 Å². The van der Waals surface area contributed by atoms with Crippen LogP contribution in [-0.2, 0) is 10.0 Å². The largest absolute Gasteiger partial charge is 0.339 e. The van der Waals surface area contributed by atoms with Gasteiger partial charge in [0.15, 0.2) is 0 Å². The summed E-state index contributed by atoms with van der Waals surface area (Å²) in [5, 5.41) is 1.97. The molecule has 2 heterocycles. The SMILES string of the molecule is CCN1CCN(C2=NCCN2S(=O)(=O)c2ccc3ccccc3c2)CC1. The average molecular weight is 372 g/mol. The van der Waals surface area contributed by atoms with E-state index in [1.165, 1.54) is 4.31 Å². The lowest BCUT2D eigenvalue weighted by molar-refractivity contribution is 0.184. The Balaban J connectivity index is 1.61. The molecule has 0 aliphatic carbocycles. The fraction of sp³-hybridized carbons (Fsp3) is 0.421. The van der Waals surface area contributed by atoms with Gasteiger partial charge in [0.05, 0.1) is 18.0 Å². The first kappa shape index (κ1) is 17.3. The van der Waals surface area contributed by atoms with Crippen molar-refractivity contribution in [2.24, 2.45) is 4.99 Å². The van der Waals surface area contributed by atoms with Crippen molar-refractivity contribution in [3.8, 4) is 0 Å². The molecule has 2 aromatic rings. The maximum Gasteiger partial charge on any atom is 0.266 e. The predicted molar refractivity (Wildman–Crippen MR) is 104 cm³/mol. The van der Waals surface area contributed by atoms with Crippen molar-refractivity contribution >= 4 is 26.8 Å². The number of likely N-dealkylation sites (N-methyl/N-ethyl adjacent to an activating group) is 1. The minimum atomic E-state index is -3.60. The Labute approximate surface area is 154 Å². The summed E-state index contributed by atoms with van der Waals surface area (Å²) >= 11 is 0. The Kier molecular flexibility index (Phi) is 4.58. The summed E-state index contributed by atoms with van der Waals surface area (Å²) in [7, 11) is -3.60. The second-order valence-electron chi connectivity index (χ2n) is 6.69. The van der Waals surface area contributed by atoms with Crippen molar-refractivity contribution in [1.29, 1.82) is 0 Å². The molecule has 0 bridgehead atoms. The van der Waals surface area contributed by atoms with Gasteiger partial charge in [0.25, 0.3) is 10.0 Å². The molecule has 0 spiro atoms. The molecule has 0 N–H and O–H groups in total. The Morgan fingerprint density at radius 3 is 2.42 bits per heavy atom. The highest BCUT2D eigenvalue weighted by atomic mass is 32.2. The van der Waals surface area contributed by atoms with Crippen LogP contribution in [0.2, 0.25) is 0 Å². The van der Waals surface area contributed by atoms with Crippen LogP contribution in [0, 0.1) is 0 Å². The topological polar surface area (TPSA) is 56.2 Å².